The van der Waals surface area contributed by atoms with Gasteiger partial charge in [0.1, 0.15) is 12.1 Å². The predicted molar refractivity (Wildman–Crippen MR) is 126 cm³/mol. The van der Waals surface area contributed by atoms with Crippen LogP contribution in [0.1, 0.15) is 24.5 Å². The first-order valence-corrected chi connectivity index (χ1v) is 10.9. The Balaban J connectivity index is 1.66. The highest BCUT2D eigenvalue weighted by Crippen LogP contribution is 2.19. The number of esters is 1. The number of fused-ring (bicyclic) bond motifs is 1. The third-order valence-electron chi connectivity index (χ3n) is 5.31. The van der Waals surface area contributed by atoms with Gasteiger partial charge in [0.05, 0.1) is 13.5 Å². The molecule has 0 fully saturated rings. The van der Waals surface area contributed by atoms with Gasteiger partial charge in [0.2, 0.25) is 17.7 Å². The van der Waals surface area contributed by atoms with Crippen LogP contribution in [0.15, 0.2) is 60.8 Å². The molecule has 9 heteroatoms. The maximum absolute atomic E-state index is 12.8. The zero-order valence-corrected chi connectivity index (χ0v) is 19.1. The van der Waals surface area contributed by atoms with E-state index in [-0.39, 0.29) is 19.4 Å². The molecule has 1 aromatic heterocycles. The number of rotatable bonds is 10. The van der Waals surface area contributed by atoms with Crippen LogP contribution in [-0.4, -0.2) is 47.9 Å². The Kier molecular flexibility index (Phi) is 8.39. The number of carbonyl (C=O) groups excluding carboxylic acids is 4. The van der Waals surface area contributed by atoms with Crippen molar-refractivity contribution >= 4 is 34.6 Å². The molecule has 2 aromatic carbocycles. The van der Waals surface area contributed by atoms with E-state index in [1.54, 1.807) is 6.20 Å². The predicted octanol–water partition coefficient (Wildman–Crippen LogP) is 1.58. The molecule has 0 aliphatic heterocycles. The lowest BCUT2D eigenvalue weighted by molar-refractivity contribution is -0.145. The Labute approximate surface area is 197 Å². The molecule has 3 rings (SSSR count). The van der Waals surface area contributed by atoms with Gasteiger partial charge < -0.3 is 25.7 Å². The summed E-state index contributed by atoms with van der Waals surface area (Å²) in [6.07, 6.45) is 1.65. The first-order chi connectivity index (χ1) is 16.4. The highest BCUT2D eigenvalue weighted by atomic mass is 16.5. The van der Waals surface area contributed by atoms with Crippen LogP contribution in [0.5, 0.6) is 0 Å². The maximum atomic E-state index is 12.8. The number of methoxy groups -OCH3 is 1. The molecule has 0 bridgehead atoms. The highest BCUT2D eigenvalue weighted by Gasteiger charge is 2.27. The van der Waals surface area contributed by atoms with Gasteiger partial charge in [-0.2, -0.15) is 0 Å². The molecule has 3 amide bonds. The Bertz CT molecular complexity index is 1160. The number of carbonyl (C=O) groups is 4. The summed E-state index contributed by atoms with van der Waals surface area (Å²) >= 11 is 0. The molecular weight excluding hydrogens is 436 g/mol. The third-order valence-corrected chi connectivity index (χ3v) is 5.31. The fourth-order valence-corrected chi connectivity index (χ4v) is 3.66. The van der Waals surface area contributed by atoms with Crippen molar-refractivity contribution in [2.75, 3.05) is 7.11 Å². The van der Waals surface area contributed by atoms with Crippen molar-refractivity contribution < 1.29 is 23.9 Å². The Morgan fingerprint density at radius 2 is 1.65 bits per heavy atom. The zero-order chi connectivity index (χ0) is 24.5. The number of aromatic nitrogens is 1. The minimum absolute atomic E-state index is 0.202. The number of nitrogens with one attached hydrogen (secondary N) is 4. The van der Waals surface area contributed by atoms with E-state index in [1.165, 1.54) is 14.0 Å². The Hall–Kier alpha value is -4.14. The average Bonchev–Trinajstić information content (AvgIpc) is 3.24. The highest BCUT2D eigenvalue weighted by molar-refractivity contribution is 5.93. The van der Waals surface area contributed by atoms with Gasteiger partial charge in [-0.1, -0.05) is 48.5 Å². The SMILES string of the molecule is COC(=O)[C@H](Cc1c[nH]c2ccccc12)NC(=O)CC(NC(C)=O)C(=O)NCc1ccccc1. The number of para-hydroxylation sites is 1. The quantitative estimate of drug-likeness (QED) is 0.339. The third kappa shape index (κ3) is 6.68. The first kappa shape index (κ1) is 24.5. The van der Waals surface area contributed by atoms with E-state index in [1.807, 2.05) is 54.6 Å². The van der Waals surface area contributed by atoms with Crippen LogP contribution < -0.4 is 16.0 Å². The second-order valence-electron chi connectivity index (χ2n) is 7.87. The van der Waals surface area contributed by atoms with Crippen LogP contribution in [0.4, 0.5) is 0 Å². The largest absolute Gasteiger partial charge is 0.467 e. The summed E-state index contributed by atoms with van der Waals surface area (Å²) in [5.41, 5.74) is 2.63. The summed E-state index contributed by atoms with van der Waals surface area (Å²) < 4.78 is 4.87. The number of ether oxygens (including phenoxy) is 1. The molecule has 178 valence electrons. The molecule has 1 unspecified atom stereocenters. The summed E-state index contributed by atoms with van der Waals surface area (Å²) in [6, 6.07) is 14.8. The molecule has 3 aromatic rings. The van der Waals surface area contributed by atoms with Crippen LogP contribution >= 0.6 is 0 Å². The molecular formula is C25H28N4O5. The molecule has 1 heterocycles. The lowest BCUT2D eigenvalue weighted by atomic mass is 10.0. The smallest absolute Gasteiger partial charge is 0.328 e. The van der Waals surface area contributed by atoms with Crippen LogP contribution in [0.2, 0.25) is 0 Å². The van der Waals surface area contributed by atoms with E-state index < -0.39 is 35.8 Å². The molecule has 0 spiro atoms. The second-order valence-corrected chi connectivity index (χ2v) is 7.87. The molecule has 0 saturated heterocycles. The normalized spacial score (nSPS) is 12.4. The molecule has 0 saturated carbocycles. The summed E-state index contributed by atoms with van der Waals surface area (Å²) in [7, 11) is 1.24. The monoisotopic (exact) mass is 464 g/mol. The summed E-state index contributed by atoms with van der Waals surface area (Å²) in [6.45, 7) is 1.52. The van der Waals surface area contributed by atoms with E-state index in [4.69, 9.17) is 4.74 Å². The van der Waals surface area contributed by atoms with Gasteiger partial charge >= 0.3 is 5.97 Å². The average molecular weight is 465 g/mol. The second kappa shape index (κ2) is 11.6. The number of benzene rings is 2. The lowest BCUT2D eigenvalue weighted by Crippen LogP contribution is -2.50. The first-order valence-electron chi connectivity index (χ1n) is 10.9. The van der Waals surface area contributed by atoms with Crippen LogP contribution in [0.3, 0.4) is 0 Å². The van der Waals surface area contributed by atoms with Gasteiger partial charge in [-0.05, 0) is 17.2 Å². The number of hydrogen-bond donors (Lipinski definition) is 4. The van der Waals surface area contributed by atoms with Crippen molar-refractivity contribution in [2.45, 2.75) is 38.4 Å². The molecule has 34 heavy (non-hydrogen) atoms. The molecule has 0 aliphatic carbocycles. The zero-order valence-electron chi connectivity index (χ0n) is 19.1. The Morgan fingerprint density at radius 1 is 0.941 bits per heavy atom. The Morgan fingerprint density at radius 3 is 2.35 bits per heavy atom. The van der Waals surface area contributed by atoms with Gasteiger partial charge in [0.25, 0.3) is 0 Å². The van der Waals surface area contributed by atoms with Crippen molar-refractivity contribution in [1.82, 2.24) is 20.9 Å². The van der Waals surface area contributed by atoms with Crippen molar-refractivity contribution in [3.05, 3.63) is 71.9 Å². The van der Waals surface area contributed by atoms with Crippen molar-refractivity contribution in [1.29, 1.82) is 0 Å². The molecule has 2 atom stereocenters. The number of hydrogen-bond acceptors (Lipinski definition) is 5. The summed E-state index contributed by atoms with van der Waals surface area (Å²) in [4.78, 5) is 52.6. The fraction of sp³-hybridized carbons (Fsp3) is 0.280. The van der Waals surface area contributed by atoms with Crippen LogP contribution in [0, 0.1) is 0 Å². The molecule has 4 N–H and O–H groups in total. The minimum Gasteiger partial charge on any atom is -0.467 e. The number of H-pyrrole nitrogens is 1. The van der Waals surface area contributed by atoms with E-state index >= 15 is 0 Å². The van der Waals surface area contributed by atoms with Gasteiger partial charge in [-0.3, -0.25) is 14.4 Å². The fourth-order valence-electron chi connectivity index (χ4n) is 3.66. The van der Waals surface area contributed by atoms with E-state index in [0.29, 0.717) is 0 Å². The maximum Gasteiger partial charge on any atom is 0.328 e. The summed E-state index contributed by atoms with van der Waals surface area (Å²) in [5, 5.41) is 8.80. The number of aromatic amines is 1. The summed E-state index contributed by atoms with van der Waals surface area (Å²) in [5.74, 6) is -2.12. The molecule has 9 nitrogen and oxygen atoms in total. The van der Waals surface area contributed by atoms with Crippen LogP contribution in [0.25, 0.3) is 10.9 Å². The van der Waals surface area contributed by atoms with Gasteiger partial charge in [0, 0.05) is 37.0 Å². The lowest BCUT2D eigenvalue weighted by Gasteiger charge is -2.20. The van der Waals surface area contributed by atoms with E-state index in [9.17, 15) is 19.2 Å². The van der Waals surface area contributed by atoms with Gasteiger partial charge in [-0.25, -0.2) is 4.79 Å². The van der Waals surface area contributed by atoms with Crippen molar-refractivity contribution in [2.24, 2.45) is 0 Å². The van der Waals surface area contributed by atoms with Crippen molar-refractivity contribution in [3.8, 4) is 0 Å². The minimum atomic E-state index is -1.09. The standard InChI is InChI=1S/C25H28N4O5/c1-16(30)28-21(24(32)27-14-17-8-4-3-5-9-17)13-23(31)29-22(25(33)34-2)12-18-15-26-20-11-7-6-10-19(18)20/h3-11,15,21-22,26H,12-14H2,1-2H3,(H,27,32)(H,28,30)(H,29,31)/t21?,22-/m0/s1. The molecule has 0 radical (unpaired) electrons. The van der Waals surface area contributed by atoms with Gasteiger partial charge in [-0.15, -0.1) is 0 Å². The van der Waals surface area contributed by atoms with E-state index in [0.717, 1.165) is 22.0 Å². The molecule has 0 aliphatic rings. The van der Waals surface area contributed by atoms with E-state index in [2.05, 4.69) is 20.9 Å². The van der Waals surface area contributed by atoms with Crippen LogP contribution in [-0.2, 0) is 36.9 Å². The topological polar surface area (TPSA) is 129 Å². The van der Waals surface area contributed by atoms with Gasteiger partial charge in [0.15, 0.2) is 0 Å². The number of amides is 3. The van der Waals surface area contributed by atoms with Crippen molar-refractivity contribution in [3.63, 3.8) is 0 Å².